The van der Waals surface area contributed by atoms with Crippen LogP contribution in [0.1, 0.15) is 31.1 Å². The number of guanidine groups is 1. The monoisotopic (exact) mass is 468 g/mol. The highest BCUT2D eigenvalue weighted by Crippen LogP contribution is 2.20. The first-order valence-electron chi connectivity index (χ1n) is 8.40. The van der Waals surface area contributed by atoms with E-state index in [1.807, 2.05) is 0 Å². The highest BCUT2D eigenvalue weighted by atomic mass is 127. The lowest BCUT2D eigenvalue weighted by molar-refractivity contribution is 0.161. The Kier molecular flexibility index (Phi) is 14.7. The van der Waals surface area contributed by atoms with Crippen molar-refractivity contribution >= 4 is 41.3 Å². The first kappa shape index (κ1) is 23.6. The zero-order chi connectivity index (χ0) is 16.9. The number of ether oxygens (including phenoxy) is 1. The van der Waals surface area contributed by atoms with Crippen LogP contribution in [-0.2, 0) is 4.74 Å². The summed E-state index contributed by atoms with van der Waals surface area (Å²) in [7, 11) is 3.87. The van der Waals surface area contributed by atoms with Gasteiger partial charge in [0.1, 0.15) is 0 Å². The fraction of sp³-hybridized carbons (Fsp3) is 0.706. The third-order valence-corrected chi connectivity index (χ3v) is 4.69. The van der Waals surface area contributed by atoms with E-state index in [-0.39, 0.29) is 24.0 Å². The van der Waals surface area contributed by atoms with E-state index in [2.05, 4.69) is 53.9 Å². The molecule has 2 N–H and O–H groups in total. The Bertz CT molecular complexity index is 428. The van der Waals surface area contributed by atoms with Gasteiger partial charge in [-0.15, -0.1) is 35.3 Å². The summed E-state index contributed by atoms with van der Waals surface area (Å²) in [5.41, 5.74) is 0. The predicted molar refractivity (Wildman–Crippen MR) is 116 cm³/mol. The molecule has 1 heterocycles. The van der Waals surface area contributed by atoms with E-state index in [1.54, 1.807) is 18.4 Å². The van der Waals surface area contributed by atoms with E-state index in [4.69, 9.17) is 9.73 Å². The van der Waals surface area contributed by atoms with Gasteiger partial charge in [-0.1, -0.05) is 13.0 Å². The normalized spacial score (nSPS) is 12.8. The van der Waals surface area contributed by atoms with Gasteiger partial charge in [-0.3, -0.25) is 4.99 Å². The molecule has 0 saturated heterocycles. The maximum absolute atomic E-state index is 5.09. The number of halogens is 1. The second-order valence-corrected chi connectivity index (χ2v) is 6.69. The standard InChI is InChI=1S/C17H32N4OS.HI/c1-5-18-17(19-9-7-10-21(3)11-12-22-4)20-14-15(2)16-8-6-13-23-16;/h6,8,13,15H,5,7,9-12,14H2,1-4H3,(H2,18,19,20);1H. The number of nitrogens with zero attached hydrogens (tertiary/aromatic N) is 2. The van der Waals surface area contributed by atoms with E-state index in [0.717, 1.165) is 51.7 Å². The van der Waals surface area contributed by atoms with Crippen molar-refractivity contribution < 1.29 is 4.74 Å². The molecule has 24 heavy (non-hydrogen) atoms. The van der Waals surface area contributed by atoms with Crippen molar-refractivity contribution in [2.24, 2.45) is 4.99 Å². The van der Waals surface area contributed by atoms with Crippen molar-refractivity contribution in [1.29, 1.82) is 0 Å². The molecular weight excluding hydrogens is 435 g/mol. The molecule has 1 unspecified atom stereocenters. The van der Waals surface area contributed by atoms with Crippen molar-refractivity contribution in [3.05, 3.63) is 22.4 Å². The number of methoxy groups -OCH3 is 1. The smallest absolute Gasteiger partial charge is 0.191 e. The van der Waals surface area contributed by atoms with Crippen molar-refractivity contribution in [3.8, 4) is 0 Å². The summed E-state index contributed by atoms with van der Waals surface area (Å²) in [5, 5.41) is 8.86. The molecule has 0 aliphatic carbocycles. The minimum atomic E-state index is 0. The van der Waals surface area contributed by atoms with Gasteiger partial charge in [0.15, 0.2) is 5.96 Å². The SMILES string of the molecule is CCNC(=NCC(C)c1cccs1)NCCCN(C)CCOC.I. The van der Waals surface area contributed by atoms with E-state index in [9.17, 15) is 0 Å². The number of hydrogen-bond donors (Lipinski definition) is 2. The number of thiophene rings is 1. The van der Waals surface area contributed by atoms with E-state index < -0.39 is 0 Å². The molecule has 0 radical (unpaired) electrons. The third kappa shape index (κ3) is 10.5. The van der Waals surface area contributed by atoms with E-state index in [1.165, 1.54) is 4.88 Å². The van der Waals surface area contributed by atoms with Crippen molar-refractivity contribution in [2.75, 3.05) is 53.5 Å². The number of aliphatic imine (C=N–C) groups is 1. The molecule has 5 nitrogen and oxygen atoms in total. The molecule has 1 aromatic heterocycles. The lowest BCUT2D eigenvalue weighted by Gasteiger charge is -2.17. The van der Waals surface area contributed by atoms with Gasteiger partial charge in [0.25, 0.3) is 0 Å². The highest BCUT2D eigenvalue weighted by Gasteiger charge is 2.06. The molecule has 0 aromatic carbocycles. The lowest BCUT2D eigenvalue weighted by Crippen LogP contribution is -2.39. The molecule has 1 rings (SSSR count). The minimum Gasteiger partial charge on any atom is -0.383 e. The van der Waals surface area contributed by atoms with Crippen LogP contribution in [0.15, 0.2) is 22.5 Å². The Balaban J connectivity index is 0.00000529. The van der Waals surface area contributed by atoms with Crippen LogP contribution in [0, 0.1) is 0 Å². The molecule has 0 aliphatic heterocycles. The van der Waals surface area contributed by atoms with Crippen LogP contribution in [0.2, 0.25) is 0 Å². The maximum atomic E-state index is 5.09. The lowest BCUT2D eigenvalue weighted by atomic mass is 10.1. The molecule has 0 fully saturated rings. The van der Waals surface area contributed by atoms with Crippen LogP contribution < -0.4 is 10.6 Å². The molecule has 140 valence electrons. The fourth-order valence-electron chi connectivity index (χ4n) is 2.15. The quantitative estimate of drug-likeness (QED) is 0.227. The molecular formula is C17H33IN4OS. The van der Waals surface area contributed by atoms with Gasteiger partial charge in [-0.2, -0.15) is 0 Å². The molecule has 0 spiro atoms. The zero-order valence-corrected chi connectivity index (χ0v) is 18.5. The fourth-order valence-corrected chi connectivity index (χ4v) is 2.92. The Hall–Kier alpha value is -0.380. The molecule has 0 aliphatic rings. The van der Waals surface area contributed by atoms with Crippen molar-refractivity contribution in [2.45, 2.75) is 26.2 Å². The number of hydrogen-bond acceptors (Lipinski definition) is 4. The van der Waals surface area contributed by atoms with Crippen molar-refractivity contribution in [1.82, 2.24) is 15.5 Å². The van der Waals surface area contributed by atoms with Gasteiger partial charge in [-0.25, -0.2) is 0 Å². The number of likely N-dealkylation sites (N-methyl/N-ethyl adjacent to an activating group) is 1. The maximum Gasteiger partial charge on any atom is 0.191 e. The second-order valence-electron chi connectivity index (χ2n) is 5.71. The Labute approximate surface area is 168 Å². The summed E-state index contributed by atoms with van der Waals surface area (Å²) in [4.78, 5) is 8.38. The van der Waals surface area contributed by atoms with Crippen LogP contribution in [0.4, 0.5) is 0 Å². The van der Waals surface area contributed by atoms with E-state index in [0.29, 0.717) is 5.92 Å². The average molecular weight is 468 g/mol. The number of rotatable bonds is 11. The molecule has 0 bridgehead atoms. The Morgan fingerprint density at radius 1 is 1.38 bits per heavy atom. The topological polar surface area (TPSA) is 48.9 Å². The van der Waals surface area contributed by atoms with Gasteiger partial charge < -0.3 is 20.3 Å². The molecule has 1 aromatic rings. The van der Waals surface area contributed by atoms with Gasteiger partial charge in [0.05, 0.1) is 13.2 Å². The molecule has 7 heteroatoms. The summed E-state index contributed by atoms with van der Waals surface area (Å²) >= 11 is 1.80. The molecule has 0 saturated carbocycles. The van der Waals surface area contributed by atoms with Crippen LogP contribution in [0.3, 0.4) is 0 Å². The minimum absolute atomic E-state index is 0. The number of nitrogens with one attached hydrogen (secondary N) is 2. The summed E-state index contributed by atoms with van der Waals surface area (Å²) in [6.45, 7) is 9.76. The largest absolute Gasteiger partial charge is 0.383 e. The first-order valence-corrected chi connectivity index (χ1v) is 9.28. The summed E-state index contributed by atoms with van der Waals surface area (Å²) in [5.74, 6) is 1.38. The van der Waals surface area contributed by atoms with Gasteiger partial charge in [0.2, 0.25) is 0 Å². The average Bonchev–Trinajstić information content (AvgIpc) is 3.08. The van der Waals surface area contributed by atoms with Gasteiger partial charge >= 0.3 is 0 Å². The Morgan fingerprint density at radius 3 is 2.79 bits per heavy atom. The second kappa shape index (κ2) is 14.9. The molecule has 0 amide bonds. The summed E-state index contributed by atoms with van der Waals surface area (Å²) in [6.07, 6.45) is 1.09. The predicted octanol–water partition coefficient (Wildman–Crippen LogP) is 2.99. The zero-order valence-electron chi connectivity index (χ0n) is 15.4. The Morgan fingerprint density at radius 2 is 2.17 bits per heavy atom. The van der Waals surface area contributed by atoms with Crippen LogP contribution in [-0.4, -0.2) is 64.3 Å². The molecule has 1 atom stereocenters. The van der Waals surface area contributed by atoms with Crippen LogP contribution in [0.5, 0.6) is 0 Å². The third-order valence-electron chi connectivity index (χ3n) is 3.58. The van der Waals surface area contributed by atoms with E-state index >= 15 is 0 Å². The van der Waals surface area contributed by atoms with Crippen LogP contribution >= 0.6 is 35.3 Å². The van der Waals surface area contributed by atoms with Gasteiger partial charge in [-0.05, 0) is 38.4 Å². The first-order chi connectivity index (χ1) is 11.2. The highest BCUT2D eigenvalue weighted by molar-refractivity contribution is 14.0. The summed E-state index contributed by atoms with van der Waals surface area (Å²) < 4.78 is 5.09. The van der Waals surface area contributed by atoms with Crippen molar-refractivity contribution in [3.63, 3.8) is 0 Å². The van der Waals surface area contributed by atoms with Gasteiger partial charge in [0, 0.05) is 37.5 Å². The summed E-state index contributed by atoms with van der Waals surface area (Å²) in [6, 6.07) is 4.28. The van der Waals surface area contributed by atoms with Crippen LogP contribution in [0.25, 0.3) is 0 Å².